The molecule has 0 saturated heterocycles. The van der Waals surface area contributed by atoms with E-state index in [0.29, 0.717) is 53.5 Å². The monoisotopic (exact) mass is 393 g/mol. The molecule has 0 spiro atoms. The number of hydrogen-bond donors (Lipinski definition) is 1. The lowest BCUT2D eigenvalue weighted by Gasteiger charge is -2.24. The summed E-state index contributed by atoms with van der Waals surface area (Å²) in [4.78, 5) is 34.6. The summed E-state index contributed by atoms with van der Waals surface area (Å²) in [5.41, 5.74) is 0.940. The molecular formula is C22H23N3O4. The average Bonchev–Trinajstić information content (AvgIpc) is 2.76. The van der Waals surface area contributed by atoms with Gasteiger partial charge in [0.05, 0.1) is 17.4 Å². The Morgan fingerprint density at radius 1 is 1.14 bits per heavy atom. The van der Waals surface area contributed by atoms with Gasteiger partial charge in [0.25, 0.3) is 11.5 Å². The molecule has 1 aliphatic heterocycles. The van der Waals surface area contributed by atoms with E-state index in [9.17, 15) is 9.59 Å². The van der Waals surface area contributed by atoms with Crippen molar-refractivity contribution in [2.45, 2.75) is 26.3 Å². The van der Waals surface area contributed by atoms with Crippen molar-refractivity contribution in [2.75, 3.05) is 19.8 Å². The number of fused-ring (bicyclic) bond motifs is 2. The summed E-state index contributed by atoms with van der Waals surface area (Å²) in [5.74, 6) is 1.56. The summed E-state index contributed by atoms with van der Waals surface area (Å²) in [7, 11) is 0. The third-order valence-corrected chi connectivity index (χ3v) is 4.86. The number of unbranched alkanes of at least 4 members (excludes halogenated alkanes) is 1. The summed E-state index contributed by atoms with van der Waals surface area (Å²) in [6.45, 7) is 3.84. The van der Waals surface area contributed by atoms with Gasteiger partial charge in [-0.25, -0.2) is 4.98 Å². The summed E-state index contributed by atoms with van der Waals surface area (Å²) in [6, 6.07) is 12.4. The molecule has 4 rings (SSSR count). The van der Waals surface area contributed by atoms with Gasteiger partial charge in [-0.2, -0.15) is 0 Å². The molecule has 0 bridgehead atoms. The fourth-order valence-electron chi connectivity index (χ4n) is 3.35. The van der Waals surface area contributed by atoms with Gasteiger partial charge in [0.2, 0.25) is 0 Å². The molecule has 0 saturated carbocycles. The number of nitrogens with one attached hydrogen (secondary N) is 1. The third-order valence-electron chi connectivity index (χ3n) is 4.86. The van der Waals surface area contributed by atoms with Crippen molar-refractivity contribution in [3.8, 4) is 11.5 Å². The molecule has 2 aromatic carbocycles. The average molecular weight is 393 g/mol. The number of amides is 1. The lowest BCUT2D eigenvalue weighted by atomic mass is 10.1. The second-order valence-corrected chi connectivity index (χ2v) is 6.97. The van der Waals surface area contributed by atoms with Crippen LogP contribution in [0.15, 0.2) is 47.3 Å². The van der Waals surface area contributed by atoms with Crippen molar-refractivity contribution in [3.63, 3.8) is 0 Å². The van der Waals surface area contributed by atoms with Crippen LogP contribution in [0.1, 0.15) is 35.9 Å². The Hall–Kier alpha value is -3.35. The maximum absolute atomic E-state index is 13.2. The molecule has 3 aromatic rings. The molecule has 1 amide bonds. The summed E-state index contributed by atoms with van der Waals surface area (Å²) in [6.07, 6.45) is 1.81. The van der Waals surface area contributed by atoms with Crippen LogP contribution in [-0.2, 0) is 6.54 Å². The highest BCUT2D eigenvalue weighted by Gasteiger charge is 2.20. The Balaban J connectivity index is 1.62. The van der Waals surface area contributed by atoms with Crippen LogP contribution in [0, 0.1) is 0 Å². The van der Waals surface area contributed by atoms with Gasteiger partial charge >= 0.3 is 0 Å². The quantitative estimate of drug-likeness (QED) is 0.696. The van der Waals surface area contributed by atoms with Crippen LogP contribution in [0.4, 0.5) is 0 Å². The molecule has 7 heteroatoms. The summed E-state index contributed by atoms with van der Waals surface area (Å²) >= 11 is 0. The second-order valence-electron chi connectivity index (χ2n) is 6.97. The maximum Gasteiger partial charge on any atom is 0.258 e. The predicted octanol–water partition coefficient (Wildman–Crippen LogP) is 3.14. The fourth-order valence-corrected chi connectivity index (χ4v) is 3.35. The number of H-pyrrole nitrogens is 1. The number of aromatic amines is 1. The van der Waals surface area contributed by atoms with E-state index in [1.807, 2.05) is 6.07 Å². The number of aromatic nitrogens is 2. The Bertz CT molecular complexity index is 1090. The number of nitrogens with zero attached hydrogens (tertiary/aromatic N) is 2. The molecule has 1 N–H and O–H groups in total. The number of carbonyl (C=O) groups is 1. The Kier molecular flexibility index (Phi) is 5.46. The van der Waals surface area contributed by atoms with Gasteiger partial charge in [0.15, 0.2) is 11.5 Å². The van der Waals surface area contributed by atoms with E-state index in [1.165, 1.54) is 0 Å². The second kappa shape index (κ2) is 8.34. The van der Waals surface area contributed by atoms with Gasteiger partial charge in [0.1, 0.15) is 19.0 Å². The first kappa shape index (κ1) is 19.0. The van der Waals surface area contributed by atoms with Gasteiger partial charge in [-0.1, -0.05) is 25.5 Å². The van der Waals surface area contributed by atoms with Crippen molar-refractivity contribution in [1.82, 2.24) is 14.9 Å². The third kappa shape index (κ3) is 4.08. The van der Waals surface area contributed by atoms with Crippen LogP contribution in [0.25, 0.3) is 10.9 Å². The van der Waals surface area contributed by atoms with Gasteiger partial charge in [-0.15, -0.1) is 0 Å². The van der Waals surface area contributed by atoms with E-state index in [4.69, 9.17) is 9.47 Å². The number of carbonyl (C=O) groups excluding carboxylic acids is 1. The summed E-state index contributed by atoms with van der Waals surface area (Å²) in [5, 5.41) is 0.537. The van der Waals surface area contributed by atoms with E-state index in [1.54, 1.807) is 41.3 Å². The van der Waals surface area contributed by atoms with E-state index in [-0.39, 0.29) is 18.0 Å². The number of ether oxygens (including phenoxy) is 2. The molecule has 0 atom stereocenters. The molecule has 0 aliphatic carbocycles. The van der Waals surface area contributed by atoms with Crippen LogP contribution in [0.5, 0.6) is 11.5 Å². The smallest absolute Gasteiger partial charge is 0.258 e. The maximum atomic E-state index is 13.2. The van der Waals surface area contributed by atoms with Gasteiger partial charge in [-0.3, -0.25) is 9.59 Å². The lowest BCUT2D eigenvalue weighted by Crippen LogP contribution is -2.33. The van der Waals surface area contributed by atoms with Crippen molar-refractivity contribution in [3.05, 3.63) is 64.2 Å². The highest BCUT2D eigenvalue weighted by atomic mass is 16.6. The first-order valence-corrected chi connectivity index (χ1v) is 9.82. The molecule has 1 aliphatic rings. The van der Waals surface area contributed by atoms with Gasteiger partial charge in [0, 0.05) is 12.1 Å². The molecule has 29 heavy (non-hydrogen) atoms. The van der Waals surface area contributed by atoms with Crippen molar-refractivity contribution < 1.29 is 14.3 Å². The Labute approximate surface area is 168 Å². The first-order chi connectivity index (χ1) is 14.2. The number of rotatable bonds is 6. The standard InChI is InChI=1S/C22H23N3O4/c1-2-3-10-25(14-20-23-17-7-5-4-6-16(17)21(26)24-20)22(27)15-8-9-18-19(13-15)29-12-11-28-18/h4-9,13H,2-3,10-12,14H2,1H3,(H,23,24,26). The summed E-state index contributed by atoms with van der Waals surface area (Å²) < 4.78 is 11.1. The largest absolute Gasteiger partial charge is 0.486 e. The van der Waals surface area contributed by atoms with E-state index in [0.717, 1.165) is 12.8 Å². The fraction of sp³-hybridized carbons (Fsp3) is 0.318. The number of benzene rings is 2. The van der Waals surface area contributed by atoms with Gasteiger partial charge in [-0.05, 0) is 36.8 Å². The SMILES string of the molecule is CCCCN(Cc1nc2ccccc2c(=O)[nH]1)C(=O)c1ccc2c(c1)OCCO2. The zero-order valence-electron chi connectivity index (χ0n) is 16.3. The molecule has 150 valence electrons. The van der Waals surface area contributed by atoms with Crippen LogP contribution in [-0.4, -0.2) is 40.5 Å². The normalized spacial score (nSPS) is 12.7. The Morgan fingerprint density at radius 2 is 1.93 bits per heavy atom. The van der Waals surface area contributed by atoms with E-state index >= 15 is 0 Å². The molecule has 2 heterocycles. The minimum absolute atomic E-state index is 0.133. The zero-order chi connectivity index (χ0) is 20.2. The lowest BCUT2D eigenvalue weighted by molar-refractivity contribution is 0.0735. The van der Waals surface area contributed by atoms with Crippen LogP contribution in [0.3, 0.4) is 0 Å². The van der Waals surface area contributed by atoms with Crippen LogP contribution in [0.2, 0.25) is 0 Å². The molecule has 0 radical (unpaired) electrons. The van der Waals surface area contributed by atoms with E-state index < -0.39 is 0 Å². The van der Waals surface area contributed by atoms with Crippen molar-refractivity contribution >= 4 is 16.8 Å². The number of para-hydroxylation sites is 1. The van der Waals surface area contributed by atoms with Crippen LogP contribution >= 0.6 is 0 Å². The minimum atomic E-state index is -0.201. The van der Waals surface area contributed by atoms with Crippen molar-refractivity contribution in [2.24, 2.45) is 0 Å². The Morgan fingerprint density at radius 3 is 2.76 bits per heavy atom. The number of hydrogen-bond acceptors (Lipinski definition) is 5. The predicted molar refractivity (Wildman–Crippen MR) is 109 cm³/mol. The molecule has 0 unspecified atom stereocenters. The molecule has 1 aromatic heterocycles. The highest BCUT2D eigenvalue weighted by Crippen LogP contribution is 2.31. The topological polar surface area (TPSA) is 84.5 Å². The van der Waals surface area contributed by atoms with E-state index in [2.05, 4.69) is 16.9 Å². The highest BCUT2D eigenvalue weighted by molar-refractivity contribution is 5.95. The van der Waals surface area contributed by atoms with Crippen molar-refractivity contribution in [1.29, 1.82) is 0 Å². The first-order valence-electron chi connectivity index (χ1n) is 9.82. The minimum Gasteiger partial charge on any atom is -0.486 e. The molecular weight excluding hydrogens is 370 g/mol. The molecule has 7 nitrogen and oxygen atoms in total. The van der Waals surface area contributed by atoms with Crippen LogP contribution < -0.4 is 15.0 Å². The van der Waals surface area contributed by atoms with Gasteiger partial charge < -0.3 is 19.4 Å². The molecule has 0 fully saturated rings. The zero-order valence-corrected chi connectivity index (χ0v) is 16.3.